The molecule has 0 amide bonds. The predicted octanol–water partition coefficient (Wildman–Crippen LogP) is 7.11. The van der Waals surface area contributed by atoms with Crippen molar-refractivity contribution in [2.75, 3.05) is 13.2 Å². The van der Waals surface area contributed by atoms with Crippen LogP contribution in [0.4, 0.5) is 0 Å². The molecular formula is C40H75O13P. The van der Waals surface area contributed by atoms with Gasteiger partial charge in [-0.25, -0.2) is 4.57 Å². The van der Waals surface area contributed by atoms with Crippen LogP contribution >= 0.6 is 7.82 Å². The Hall–Kier alpha value is -1.41. The van der Waals surface area contributed by atoms with Gasteiger partial charge in [0.1, 0.15) is 43.2 Å². The van der Waals surface area contributed by atoms with E-state index in [0.29, 0.717) is 12.8 Å². The first-order valence-corrected chi connectivity index (χ1v) is 22.5. The van der Waals surface area contributed by atoms with Gasteiger partial charge in [0.25, 0.3) is 0 Å². The van der Waals surface area contributed by atoms with Crippen molar-refractivity contribution in [3.63, 3.8) is 0 Å². The van der Waals surface area contributed by atoms with Crippen LogP contribution in [-0.4, -0.2) is 98.3 Å². The SMILES string of the molecule is CCCCCCCCCCCCC/C=C/CCC(=O)OC[C@H](COP(=O)(O)OC1C(O)C(O)C(O)[C@@H](O)C1O)OC(=O)CCCCCCCCCCCC. The number of aliphatic hydroxyl groups excluding tert-OH is 5. The molecule has 14 heteroatoms. The summed E-state index contributed by atoms with van der Waals surface area (Å²) in [6.45, 7) is 3.23. The minimum atomic E-state index is -5.11. The van der Waals surface area contributed by atoms with Gasteiger partial charge in [0.2, 0.25) is 0 Å². The Labute approximate surface area is 324 Å². The molecule has 0 bridgehead atoms. The smallest absolute Gasteiger partial charge is 0.462 e. The van der Waals surface area contributed by atoms with Gasteiger partial charge in [-0.05, 0) is 25.7 Å². The highest BCUT2D eigenvalue weighted by atomic mass is 31.2. The van der Waals surface area contributed by atoms with Gasteiger partial charge in [-0.3, -0.25) is 18.6 Å². The second-order valence-electron chi connectivity index (χ2n) is 14.8. The number of carbonyl (C=O) groups excluding carboxylic acids is 2. The number of allylic oxidation sites excluding steroid dienone is 2. The first kappa shape index (κ1) is 50.6. The molecule has 0 heterocycles. The maximum Gasteiger partial charge on any atom is 0.472 e. The fraction of sp³-hybridized carbons (Fsp3) is 0.900. The number of esters is 2. The number of phosphoric acid groups is 1. The molecule has 0 saturated heterocycles. The van der Waals surface area contributed by atoms with Crippen molar-refractivity contribution in [1.29, 1.82) is 0 Å². The molecule has 0 aromatic heterocycles. The Morgan fingerprint density at radius 3 is 1.48 bits per heavy atom. The fourth-order valence-corrected chi connectivity index (χ4v) is 7.39. The van der Waals surface area contributed by atoms with Gasteiger partial charge >= 0.3 is 19.8 Å². The summed E-state index contributed by atoms with van der Waals surface area (Å²) in [5.74, 6) is -1.15. The van der Waals surface area contributed by atoms with Crippen LogP contribution in [0.15, 0.2) is 12.2 Å². The van der Waals surface area contributed by atoms with E-state index in [2.05, 4.69) is 19.9 Å². The Kier molecular flexibility index (Phi) is 29.7. The van der Waals surface area contributed by atoms with Crippen LogP contribution in [0.3, 0.4) is 0 Å². The maximum absolute atomic E-state index is 12.7. The molecule has 0 radical (unpaired) electrons. The molecule has 0 spiro atoms. The molecule has 0 aromatic rings. The second-order valence-corrected chi connectivity index (χ2v) is 16.3. The fourth-order valence-electron chi connectivity index (χ4n) is 6.42. The topological polar surface area (TPSA) is 210 Å². The third-order valence-electron chi connectivity index (χ3n) is 9.87. The van der Waals surface area contributed by atoms with Crippen molar-refractivity contribution in [2.45, 2.75) is 217 Å². The highest BCUT2D eigenvalue weighted by Crippen LogP contribution is 2.47. The highest BCUT2D eigenvalue weighted by Gasteiger charge is 2.51. The summed E-state index contributed by atoms with van der Waals surface area (Å²) in [6, 6.07) is 0. The number of hydrogen-bond acceptors (Lipinski definition) is 12. The Morgan fingerprint density at radius 1 is 0.556 bits per heavy atom. The van der Waals surface area contributed by atoms with Crippen molar-refractivity contribution in [2.24, 2.45) is 0 Å². The van der Waals surface area contributed by atoms with E-state index < -0.39 is 75.7 Å². The van der Waals surface area contributed by atoms with Gasteiger partial charge in [0.15, 0.2) is 6.10 Å². The molecule has 1 saturated carbocycles. The molecule has 13 nitrogen and oxygen atoms in total. The second kappa shape index (κ2) is 31.6. The minimum absolute atomic E-state index is 0.0877. The number of hydrogen-bond donors (Lipinski definition) is 6. The van der Waals surface area contributed by atoms with Gasteiger partial charge < -0.3 is 39.9 Å². The van der Waals surface area contributed by atoms with E-state index in [1.807, 2.05) is 6.08 Å². The zero-order valence-corrected chi connectivity index (χ0v) is 34.2. The van der Waals surface area contributed by atoms with Crippen LogP contribution in [-0.2, 0) is 32.7 Å². The van der Waals surface area contributed by atoms with E-state index in [-0.39, 0.29) is 12.8 Å². The number of aliphatic hydroxyl groups is 5. The van der Waals surface area contributed by atoms with Gasteiger partial charge in [-0.1, -0.05) is 148 Å². The van der Waals surface area contributed by atoms with Gasteiger partial charge in [-0.2, -0.15) is 0 Å². The largest absolute Gasteiger partial charge is 0.472 e. The van der Waals surface area contributed by atoms with Crippen LogP contribution in [0.1, 0.15) is 174 Å². The van der Waals surface area contributed by atoms with Gasteiger partial charge in [0, 0.05) is 12.8 Å². The molecule has 1 fully saturated rings. The third kappa shape index (κ3) is 24.3. The van der Waals surface area contributed by atoms with Crippen molar-refractivity contribution >= 4 is 19.8 Å². The van der Waals surface area contributed by atoms with E-state index in [0.717, 1.165) is 38.5 Å². The lowest BCUT2D eigenvalue weighted by molar-refractivity contribution is -0.220. The lowest BCUT2D eigenvalue weighted by Crippen LogP contribution is -2.64. The Balaban J connectivity index is 2.51. The van der Waals surface area contributed by atoms with E-state index in [1.165, 1.54) is 96.3 Å². The molecule has 6 unspecified atom stereocenters. The molecule has 8 atom stereocenters. The molecule has 1 aliphatic carbocycles. The third-order valence-corrected chi connectivity index (χ3v) is 10.9. The highest BCUT2D eigenvalue weighted by molar-refractivity contribution is 7.47. The first-order valence-electron chi connectivity index (χ1n) is 21.0. The summed E-state index contributed by atoms with van der Waals surface area (Å²) in [7, 11) is -5.11. The first-order chi connectivity index (χ1) is 25.9. The lowest BCUT2D eigenvalue weighted by atomic mass is 9.85. The predicted molar refractivity (Wildman–Crippen MR) is 207 cm³/mol. The number of rotatable bonds is 34. The standard InChI is InChI=1S/C40H75O13P/c1-3-5-7-9-11-13-15-16-17-18-19-21-22-24-26-28-33(41)50-30-32(52-34(42)29-27-25-23-20-14-12-10-8-6-4-2)31-51-54(48,49)53-40-38(46)36(44)35(43)37(45)39(40)47/h22,24,32,35-40,43-47H,3-21,23,25-31H2,1-2H3,(H,48,49)/b24-22+/t32-,35?,36-,37?,38?,39?,40?/m1/s1. The van der Waals surface area contributed by atoms with Crippen molar-refractivity contribution in [1.82, 2.24) is 0 Å². The number of phosphoric ester groups is 1. The van der Waals surface area contributed by atoms with Crippen LogP contribution in [0, 0.1) is 0 Å². The van der Waals surface area contributed by atoms with Crippen molar-refractivity contribution < 1.29 is 63.1 Å². The van der Waals surface area contributed by atoms with Crippen LogP contribution in [0.2, 0.25) is 0 Å². The molecular weight excluding hydrogens is 719 g/mol. The lowest BCUT2D eigenvalue weighted by Gasteiger charge is -2.41. The zero-order chi connectivity index (χ0) is 40.0. The number of ether oxygens (including phenoxy) is 2. The molecule has 0 aromatic carbocycles. The maximum atomic E-state index is 12.7. The quantitative estimate of drug-likeness (QED) is 0.0166. The Bertz CT molecular complexity index is 1010. The van der Waals surface area contributed by atoms with Crippen LogP contribution < -0.4 is 0 Å². The molecule has 1 aliphatic rings. The van der Waals surface area contributed by atoms with Crippen molar-refractivity contribution in [3.05, 3.63) is 12.2 Å². The summed E-state index contributed by atoms with van der Waals surface area (Å²) in [6.07, 6.45) is 17.3. The van der Waals surface area contributed by atoms with E-state index in [4.69, 9.17) is 18.5 Å². The number of carbonyl (C=O) groups is 2. The summed E-state index contributed by atoms with van der Waals surface area (Å²) in [5.41, 5.74) is 0. The average molecular weight is 795 g/mol. The zero-order valence-electron chi connectivity index (χ0n) is 33.3. The van der Waals surface area contributed by atoms with E-state index >= 15 is 0 Å². The summed E-state index contributed by atoms with van der Waals surface area (Å²) >= 11 is 0. The normalized spacial score (nSPS) is 23.3. The summed E-state index contributed by atoms with van der Waals surface area (Å²) in [5, 5.41) is 49.9. The molecule has 1 rings (SSSR count). The average Bonchev–Trinajstić information content (AvgIpc) is 3.15. The van der Waals surface area contributed by atoms with E-state index in [1.54, 1.807) is 0 Å². The monoisotopic (exact) mass is 794 g/mol. The molecule has 0 aliphatic heterocycles. The van der Waals surface area contributed by atoms with Gasteiger partial charge in [-0.15, -0.1) is 0 Å². The van der Waals surface area contributed by atoms with E-state index in [9.17, 15) is 44.6 Å². The van der Waals surface area contributed by atoms with Crippen LogP contribution in [0.5, 0.6) is 0 Å². The molecule has 318 valence electrons. The molecule has 6 N–H and O–H groups in total. The van der Waals surface area contributed by atoms with Crippen LogP contribution in [0.25, 0.3) is 0 Å². The molecule has 54 heavy (non-hydrogen) atoms. The summed E-state index contributed by atoms with van der Waals surface area (Å²) in [4.78, 5) is 35.4. The minimum Gasteiger partial charge on any atom is -0.462 e. The number of unbranched alkanes of at least 4 members (excludes halogenated alkanes) is 20. The van der Waals surface area contributed by atoms with Crippen molar-refractivity contribution in [3.8, 4) is 0 Å². The van der Waals surface area contributed by atoms with Gasteiger partial charge in [0.05, 0.1) is 6.61 Å². The Morgan fingerprint density at radius 2 is 0.981 bits per heavy atom. The summed E-state index contributed by atoms with van der Waals surface area (Å²) < 4.78 is 33.3.